The minimum absolute atomic E-state index is 0. The van der Waals surface area contributed by atoms with Gasteiger partial charge in [0, 0.05) is 38.8 Å². The van der Waals surface area contributed by atoms with E-state index in [0.717, 1.165) is 63.3 Å². The zero-order valence-corrected chi connectivity index (χ0v) is 18.7. The molecular weight excluding hydrogens is 459 g/mol. The van der Waals surface area contributed by atoms with Gasteiger partial charge in [-0.3, -0.25) is 9.89 Å². The number of nitrogens with zero attached hydrogens (tertiary/aromatic N) is 2. The molecule has 0 bridgehead atoms. The molecule has 0 aromatic heterocycles. The van der Waals surface area contributed by atoms with Gasteiger partial charge in [-0.15, -0.1) is 24.0 Å². The summed E-state index contributed by atoms with van der Waals surface area (Å²) in [6, 6.07) is 6.09. The number of hydrogen-bond acceptors (Lipinski definition) is 5. The summed E-state index contributed by atoms with van der Waals surface area (Å²) in [5, 5.41) is 6.83. The molecule has 2 aliphatic heterocycles. The molecule has 2 heterocycles. The number of guanidine groups is 1. The number of hydrogen-bond donors (Lipinski definition) is 2. The Kier molecular flexibility index (Phi) is 8.43. The Balaban J connectivity index is 0.00000261. The number of aliphatic imine (C=N–C) groups is 1. The van der Waals surface area contributed by atoms with Crippen LogP contribution in [0.4, 0.5) is 0 Å². The summed E-state index contributed by atoms with van der Waals surface area (Å²) in [5.41, 5.74) is 1.27. The second kappa shape index (κ2) is 10.3. The fourth-order valence-electron chi connectivity index (χ4n) is 3.22. The average molecular weight is 490 g/mol. The molecule has 0 spiro atoms. The number of rotatable bonds is 6. The molecule has 0 amide bonds. The van der Waals surface area contributed by atoms with Crippen molar-refractivity contribution in [2.75, 3.05) is 53.2 Å². The summed E-state index contributed by atoms with van der Waals surface area (Å²) in [5.74, 6) is 2.48. The number of benzene rings is 1. The molecule has 7 nitrogen and oxygen atoms in total. The molecule has 0 aliphatic carbocycles. The van der Waals surface area contributed by atoms with Crippen molar-refractivity contribution < 1.29 is 14.2 Å². The third-order valence-corrected chi connectivity index (χ3v) is 4.92. The van der Waals surface area contributed by atoms with Crippen molar-refractivity contribution in [3.63, 3.8) is 0 Å². The Morgan fingerprint density at radius 2 is 1.89 bits per heavy atom. The van der Waals surface area contributed by atoms with E-state index in [4.69, 9.17) is 14.2 Å². The first kappa shape index (κ1) is 22.0. The van der Waals surface area contributed by atoms with E-state index < -0.39 is 0 Å². The number of fused-ring (bicyclic) bond motifs is 1. The van der Waals surface area contributed by atoms with Crippen LogP contribution in [-0.2, 0) is 11.2 Å². The predicted octanol–water partition coefficient (Wildman–Crippen LogP) is 1.85. The zero-order chi connectivity index (χ0) is 18.4. The van der Waals surface area contributed by atoms with Crippen LogP contribution in [-0.4, -0.2) is 69.6 Å². The SMILES string of the molecule is CN=C(NCCc1ccc2c(c1)OCO2)NCC(C)(C)N1CCOCC1.I. The van der Waals surface area contributed by atoms with Crippen LogP contribution < -0.4 is 20.1 Å². The molecule has 0 radical (unpaired) electrons. The normalized spacial score (nSPS) is 17.4. The van der Waals surface area contributed by atoms with Gasteiger partial charge in [-0.05, 0) is 38.0 Å². The van der Waals surface area contributed by atoms with E-state index in [0.29, 0.717) is 6.79 Å². The molecule has 8 heteroatoms. The second-order valence-electron chi connectivity index (χ2n) is 7.20. The lowest BCUT2D eigenvalue weighted by molar-refractivity contribution is -0.00833. The first-order valence-electron chi connectivity index (χ1n) is 9.24. The minimum atomic E-state index is 0. The Morgan fingerprint density at radius 3 is 2.63 bits per heavy atom. The zero-order valence-electron chi connectivity index (χ0n) is 16.4. The number of morpholine rings is 1. The van der Waals surface area contributed by atoms with Gasteiger partial charge < -0.3 is 24.8 Å². The molecule has 1 saturated heterocycles. The summed E-state index contributed by atoms with van der Waals surface area (Å²) >= 11 is 0. The van der Waals surface area contributed by atoms with Gasteiger partial charge in [-0.1, -0.05) is 6.07 Å². The van der Waals surface area contributed by atoms with Crippen molar-refractivity contribution >= 4 is 29.9 Å². The Labute approximate surface area is 178 Å². The monoisotopic (exact) mass is 490 g/mol. The molecule has 0 unspecified atom stereocenters. The first-order chi connectivity index (χ1) is 12.6. The van der Waals surface area contributed by atoms with Crippen LogP contribution >= 0.6 is 24.0 Å². The van der Waals surface area contributed by atoms with Crippen LogP contribution in [0.25, 0.3) is 0 Å². The molecule has 1 aromatic carbocycles. The van der Waals surface area contributed by atoms with Gasteiger partial charge >= 0.3 is 0 Å². The quantitative estimate of drug-likeness (QED) is 0.361. The van der Waals surface area contributed by atoms with Crippen LogP contribution in [0.5, 0.6) is 11.5 Å². The van der Waals surface area contributed by atoms with Crippen LogP contribution in [0, 0.1) is 0 Å². The second-order valence-corrected chi connectivity index (χ2v) is 7.20. The van der Waals surface area contributed by atoms with Gasteiger partial charge in [0.1, 0.15) is 0 Å². The fraction of sp³-hybridized carbons (Fsp3) is 0.632. The van der Waals surface area contributed by atoms with Crippen molar-refractivity contribution in [2.45, 2.75) is 25.8 Å². The number of nitrogens with one attached hydrogen (secondary N) is 2. The van der Waals surface area contributed by atoms with Gasteiger partial charge in [0.2, 0.25) is 6.79 Å². The maximum Gasteiger partial charge on any atom is 0.231 e. The van der Waals surface area contributed by atoms with Gasteiger partial charge in [0.25, 0.3) is 0 Å². The third-order valence-electron chi connectivity index (χ3n) is 4.92. The highest BCUT2D eigenvalue weighted by molar-refractivity contribution is 14.0. The smallest absolute Gasteiger partial charge is 0.231 e. The van der Waals surface area contributed by atoms with E-state index >= 15 is 0 Å². The lowest BCUT2D eigenvalue weighted by Crippen LogP contribution is -2.56. The Hall–Kier alpha value is -1.26. The van der Waals surface area contributed by atoms with E-state index in [9.17, 15) is 0 Å². The maximum atomic E-state index is 5.45. The molecular formula is C19H31IN4O3. The van der Waals surface area contributed by atoms with Crippen LogP contribution in [0.3, 0.4) is 0 Å². The lowest BCUT2D eigenvalue weighted by Gasteiger charge is -2.41. The highest BCUT2D eigenvalue weighted by Crippen LogP contribution is 2.32. The van der Waals surface area contributed by atoms with Gasteiger partial charge in [-0.25, -0.2) is 0 Å². The molecule has 0 atom stereocenters. The summed E-state index contributed by atoms with van der Waals surface area (Å²) in [6.45, 7) is 10.0. The summed E-state index contributed by atoms with van der Waals surface area (Å²) in [6.07, 6.45) is 0.893. The third kappa shape index (κ3) is 6.11. The largest absolute Gasteiger partial charge is 0.454 e. The van der Waals surface area contributed by atoms with E-state index in [1.54, 1.807) is 7.05 Å². The average Bonchev–Trinajstić information content (AvgIpc) is 3.13. The highest BCUT2D eigenvalue weighted by Gasteiger charge is 2.28. The van der Waals surface area contributed by atoms with E-state index in [1.165, 1.54) is 5.56 Å². The topological polar surface area (TPSA) is 67.4 Å². The van der Waals surface area contributed by atoms with Crippen molar-refractivity contribution in [3.05, 3.63) is 23.8 Å². The first-order valence-corrected chi connectivity index (χ1v) is 9.24. The molecule has 27 heavy (non-hydrogen) atoms. The Bertz CT molecular complexity index is 633. The van der Waals surface area contributed by atoms with Gasteiger partial charge in [-0.2, -0.15) is 0 Å². The predicted molar refractivity (Wildman–Crippen MR) is 118 cm³/mol. The fourth-order valence-corrected chi connectivity index (χ4v) is 3.22. The lowest BCUT2D eigenvalue weighted by atomic mass is 10.0. The molecule has 0 saturated carbocycles. The number of ether oxygens (including phenoxy) is 3. The minimum Gasteiger partial charge on any atom is -0.454 e. The van der Waals surface area contributed by atoms with Gasteiger partial charge in [0.05, 0.1) is 13.2 Å². The van der Waals surface area contributed by atoms with Crippen molar-refractivity contribution in [1.29, 1.82) is 0 Å². The van der Waals surface area contributed by atoms with Crippen LogP contribution in [0.15, 0.2) is 23.2 Å². The van der Waals surface area contributed by atoms with E-state index in [-0.39, 0.29) is 29.5 Å². The molecule has 1 aromatic rings. The van der Waals surface area contributed by atoms with Crippen LogP contribution in [0.2, 0.25) is 0 Å². The molecule has 1 fully saturated rings. The summed E-state index contributed by atoms with van der Waals surface area (Å²) in [7, 11) is 1.80. The molecule has 152 valence electrons. The van der Waals surface area contributed by atoms with Crippen molar-refractivity contribution in [1.82, 2.24) is 15.5 Å². The van der Waals surface area contributed by atoms with Gasteiger partial charge in [0.15, 0.2) is 17.5 Å². The number of halogens is 1. The van der Waals surface area contributed by atoms with Crippen LogP contribution in [0.1, 0.15) is 19.4 Å². The highest BCUT2D eigenvalue weighted by atomic mass is 127. The molecule has 2 N–H and O–H groups in total. The summed E-state index contributed by atoms with van der Waals surface area (Å²) in [4.78, 5) is 6.79. The maximum absolute atomic E-state index is 5.45. The summed E-state index contributed by atoms with van der Waals surface area (Å²) < 4.78 is 16.2. The molecule has 2 aliphatic rings. The van der Waals surface area contributed by atoms with E-state index in [2.05, 4.69) is 40.4 Å². The standard InChI is InChI=1S/C19H30N4O3.HI/c1-19(2,23-8-10-24-11-9-23)13-22-18(20-3)21-7-6-15-4-5-16-17(12-15)26-14-25-16;/h4-5,12H,6-11,13-14H2,1-3H3,(H2,20,21,22);1H. The van der Waals surface area contributed by atoms with Crippen molar-refractivity contribution in [2.24, 2.45) is 4.99 Å². The Morgan fingerprint density at radius 1 is 1.15 bits per heavy atom. The van der Waals surface area contributed by atoms with E-state index in [1.807, 2.05) is 12.1 Å². The molecule has 3 rings (SSSR count). The van der Waals surface area contributed by atoms with Crippen molar-refractivity contribution in [3.8, 4) is 11.5 Å².